The molecule has 0 amide bonds. The smallest absolute Gasteiger partial charge is 0.400 e. The van der Waals surface area contributed by atoms with Crippen molar-refractivity contribution in [3.8, 4) is 0 Å². The van der Waals surface area contributed by atoms with Crippen molar-refractivity contribution in [2.24, 2.45) is 0 Å². The van der Waals surface area contributed by atoms with Crippen LogP contribution in [0.2, 0.25) is 5.02 Å². The molecule has 4 nitrogen and oxygen atoms in total. The van der Waals surface area contributed by atoms with Crippen LogP contribution in [0.5, 0.6) is 0 Å². The monoisotopic (exact) mass is 312 g/mol. The van der Waals surface area contributed by atoms with E-state index >= 15 is 0 Å². The molecule has 20 heavy (non-hydrogen) atoms. The average molecular weight is 313 g/mol. The molecule has 2 rings (SSSR count). The Kier molecular flexibility index (Phi) is 4.49. The summed E-state index contributed by atoms with van der Waals surface area (Å²) in [5.74, 6) is 1.07. The van der Waals surface area contributed by atoms with E-state index in [1.54, 1.807) is 12.4 Å². The number of aromatic nitrogens is 2. The van der Waals surface area contributed by atoms with Crippen LogP contribution in [0.4, 0.5) is 0 Å². The maximum Gasteiger partial charge on any atom is 0.491 e. The lowest BCUT2D eigenvalue weighted by Crippen LogP contribution is -2.41. The zero-order chi connectivity index (χ0) is 15.0. The average Bonchev–Trinajstić information content (AvgIpc) is 2.57. The van der Waals surface area contributed by atoms with E-state index in [2.05, 4.69) is 22.6 Å². The molecule has 1 aromatic heterocycles. The van der Waals surface area contributed by atoms with Gasteiger partial charge in [0.25, 0.3) is 0 Å². The van der Waals surface area contributed by atoms with Gasteiger partial charge in [-0.3, -0.25) is 0 Å². The van der Waals surface area contributed by atoms with Crippen LogP contribution in [0.1, 0.15) is 33.5 Å². The molecular weight excluding hydrogens is 294 g/mol. The van der Waals surface area contributed by atoms with Crippen molar-refractivity contribution >= 4 is 37.4 Å². The molecule has 0 aliphatic carbocycles. The second-order valence-electron chi connectivity index (χ2n) is 5.73. The van der Waals surface area contributed by atoms with E-state index in [9.17, 15) is 0 Å². The Hall–Kier alpha value is -0.555. The van der Waals surface area contributed by atoms with E-state index in [1.165, 1.54) is 0 Å². The van der Waals surface area contributed by atoms with E-state index in [-0.39, 0.29) is 11.2 Å². The minimum absolute atomic E-state index is 0.374. The maximum atomic E-state index is 5.99. The van der Waals surface area contributed by atoms with E-state index in [0.717, 1.165) is 5.47 Å². The second-order valence-corrected chi connectivity index (χ2v) is 6.48. The Bertz CT molecular complexity index is 504. The molecule has 0 radical (unpaired) electrons. The highest BCUT2D eigenvalue weighted by atomic mass is 35.5. The van der Waals surface area contributed by atoms with Crippen molar-refractivity contribution in [1.29, 1.82) is 0 Å². The summed E-state index contributed by atoms with van der Waals surface area (Å²) in [6, 6.07) is 0. The molecule has 1 saturated heterocycles. The highest BCUT2D eigenvalue weighted by Crippen LogP contribution is 2.38. The molecule has 1 aliphatic rings. The maximum absolute atomic E-state index is 5.99. The normalized spacial score (nSPS) is 21.3. The van der Waals surface area contributed by atoms with E-state index in [1.807, 2.05) is 33.8 Å². The highest BCUT2D eigenvalue weighted by molar-refractivity contribution is 7.80. The molecular formula is C13H18BClN2O2S. The third-order valence-corrected chi connectivity index (χ3v) is 4.25. The molecule has 0 atom stereocenters. The third kappa shape index (κ3) is 3.19. The molecule has 0 bridgehead atoms. The van der Waals surface area contributed by atoms with Crippen molar-refractivity contribution in [3.05, 3.63) is 28.7 Å². The quantitative estimate of drug-likeness (QED) is 0.688. The first-order valence-corrected chi connectivity index (χ1v) is 7.41. The predicted octanol–water partition coefficient (Wildman–Crippen LogP) is 3.07. The van der Waals surface area contributed by atoms with Gasteiger partial charge in [0.1, 0.15) is 0 Å². The molecule has 0 unspecified atom stereocenters. The molecule has 1 aromatic rings. The van der Waals surface area contributed by atoms with Gasteiger partial charge in [-0.1, -0.05) is 11.6 Å². The molecule has 1 fully saturated rings. The predicted molar refractivity (Wildman–Crippen MR) is 85.0 cm³/mol. The standard InChI is InChI=1S/C13H18BClN2O2S/c1-12(2)13(3,4)19-14(18-12)9(8-20)5-11-16-6-10(15)7-17-11/h5-7,20H,8H2,1-4H3. The van der Waals surface area contributed by atoms with Gasteiger partial charge in [0, 0.05) is 18.1 Å². The summed E-state index contributed by atoms with van der Waals surface area (Å²) in [5.41, 5.74) is 0.135. The molecule has 1 aliphatic heterocycles. The lowest BCUT2D eigenvalue weighted by atomic mass is 9.79. The summed E-state index contributed by atoms with van der Waals surface area (Å²) >= 11 is 10.1. The minimum Gasteiger partial charge on any atom is -0.400 e. The summed E-state index contributed by atoms with van der Waals surface area (Å²) in [6.45, 7) is 8.06. The Labute approximate surface area is 130 Å². The topological polar surface area (TPSA) is 44.2 Å². The van der Waals surface area contributed by atoms with Gasteiger partial charge in [-0.2, -0.15) is 12.6 Å². The van der Waals surface area contributed by atoms with Crippen LogP contribution in [-0.4, -0.2) is 34.0 Å². The van der Waals surface area contributed by atoms with Gasteiger partial charge in [0.2, 0.25) is 0 Å². The summed E-state index contributed by atoms with van der Waals surface area (Å²) in [7, 11) is -0.434. The van der Waals surface area contributed by atoms with Crippen molar-refractivity contribution < 1.29 is 9.31 Å². The van der Waals surface area contributed by atoms with Crippen molar-refractivity contribution in [2.45, 2.75) is 38.9 Å². The van der Waals surface area contributed by atoms with Gasteiger partial charge < -0.3 is 9.31 Å². The van der Waals surface area contributed by atoms with Crippen LogP contribution in [0.25, 0.3) is 6.08 Å². The van der Waals surface area contributed by atoms with Crippen LogP contribution in [-0.2, 0) is 9.31 Å². The van der Waals surface area contributed by atoms with Crippen LogP contribution in [0.15, 0.2) is 17.9 Å². The van der Waals surface area contributed by atoms with Crippen molar-refractivity contribution in [1.82, 2.24) is 9.97 Å². The fourth-order valence-electron chi connectivity index (χ4n) is 1.75. The number of hydrogen-bond acceptors (Lipinski definition) is 5. The number of thiol groups is 1. The van der Waals surface area contributed by atoms with Crippen LogP contribution in [0, 0.1) is 0 Å². The lowest BCUT2D eigenvalue weighted by molar-refractivity contribution is 0.00578. The zero-order valence-corrected chi connectivity index (χ0v) is 13.7. The summed E-state index contributed by atoms with van der Waals surface area (Å²) in [6.07, 6.45) is 4.94. The molecule has 108 valence electrons. The summed E-state index contributed by atoms with van der Waals surface area (Å²) in [5, 5.41) is 0.505. The van der Waals surface area contributed by atoms with Gasteiger partial charge in [-0.25, -0.2) is 9.97 Å². The number of halogens is 1. The number of hydrogen-bond donors (Lipinski definition) is 1. The highest BCUT2D eigenvalue weighted by Gasteiger charge is 2.52. The third-order valence-electron chi connectivity index (χ3n) is 3.69. The van der Waals surface area contributed by atoms with Gasteiger partial charge in [-0.15, -0.1) is 0 Å². The Balaban J connectivity index is 2.24. The summed E-state index contributed by atoms with van der Waals surface area (Å²) < 4.78 is 12.0. The van der Waals surface area contributed by atoms with Gasteiger partial charge in [-0.05, 0) is 39.2 Å². The van der Waals surface area contributed by atoms with Crippen LogP contribution >= 0.6 is 24.2 Å². The first-order valence-electron chi connectivity index (χ1n) is 6.40. The van der Waals surface area contributed by atoms with Gasteiger partial charge in [0.15, 0.2) is 5.82 Å². The van der Waals surface area contributed by atoms with E-state index in [0.29, 0.717) is 16.6 Å². The fraction of sp³-hybridized carbons (Fsp3) is 0.538. The molecule has 0 N–H and O–H groups in total. The van der Waals surface area contributed by atoms with Gasteiger partial charge >= 0.3 is 7.12 Å². The zero-order valence-electron chi connectivity index (χ0n) is 12.1. The Morgan fingerprint density at radius 3 is 2.20 bits per heavy atom. The first kappa shape index (κ1) is 15.8. The molecule has 7 heteroatoms. The SMILES string of the molecule is CC1(C)OB(C(=Cc2ncc(Cl)cn2)CS)OC1(C)C. The molecule has 2 heterocycles. The fourth-order valence-corrected chi connectivity index (χ4v) is 2.08. The van der Waals surface area contributed by atoms with E-state index in [4.69, 9.17) is 20.9 Å². The Morgan fingerprint density at radius 2 is 1.75 bits per heavy atom. The Morgan fingerprint density at radius 1 is 1.25 bits per heavy atom. The molecule has 0 aromatic carbocycles. The largest absolute Gasteiger partial charge is 0.491 e. The van der Waals surface area contributed by atoms with Crippen LogP contribution < -0.4 is 0 Å². The molecule has 0 spiro atoms. The second kappa shape index (κ2) is 5.68. The van der Waals surface area contributed by atoms with E-state index < -0.39 is 7.12 Å². The number of rotatable bonds is 3. The summed E-state index contributed by atoms with van der Waals surface area (Å²) in [4.78, 5) is 8.29. The first-order chi connectivity index (χ1) is 9.25. The van der Waals surface area contributed by atoms with Crippen molar-refractivity contribution in [3.63, 3.8) is 0 Å². The van der Waals surface area contributed by atoms with Crippen molar-refractivity contribution in [2.75, 3.05) is 5.75 Å². The van der Waals surface area contributed by atoms with Crippen LogP contribution in [0.3, 0.4) is 0 Å². The van der Waals surface area contributed by atoms with Gasteiger partial charge in [0.05, 0.1) is 16.2 Å². The minimum atomic E-state index is -0.434. The lowest BCUT2D eigenvalue weighted by Gasteiger charge is -2.32. The molecule has 0 saturated carbocycles. The number of nitrogens with zero attached hydrogens (tertiary/aromatic N) is 2.